The number of hydrogen-bond acceptors (Lipinski definition) is 3. The van der Waals surface area contributed by atoms with Gasteiger partial charge >= 0.3 is 0 Å². The van der Waals surface area contributed by atoms with Crippen molar-refractivity contribution in [2.75, 3.05) is 26.2 Å². The summed E-state index contributed by atoms with van der Waals surface area (Å²) in [5.74, 6) is 1.14. The number of H-pyrrole nitrogens is 1. The van der Waals surface area contributed by atoms with Gasteiger partial charge in [0.15, 0.2) is 0 Å². The molecule has 0 unspecified atom stereocenters. The molecule has 1 fully saturated rings. The van der Waals surface area contributed by atoms with Crippen molar-refractivity contribution >= 4 is 16.9 Å². The zero-order valence-electron chi connectivity index (χ0n) is 13.4. The lowest BCUT2D eigenvalue weighted by atomic mass is 10.2. The number of nitrogens with one attached hydrogen (secondary N) is 1. The highest BCUT2D eigenvalue weighted by atomic mass is 16.2. The Labute approximate surface area is 131 Å². The Kier molecular flexibility index (Phi) is 4.43. The molecule has 1 aliphatic heterocycles. The monoisotopic (exact) mass is 300 g/mol. The summed E-state index contributed by atoms with van der Waals surface area (Å²) in [6.07, 6.45) is 1.21. The minimum Gasteiger partial charge on any atom is -0.342 e. The Bertz CT molecular complexity index is 608. The number of amides is 1. The highest BCUT2D eigenvalue weighted by Crippen LogP contribution is 2.13. The molecule has 2 aromatic rings. The van der Waals surface area contributed by atoms with Gasteiger partial charge in [-0.3, -0.25) is 9.69 Å². The largest absolute Gasteiger partial charge is 0.342 e. The van der Waals surface area contributed by atoms with Crippen molar-refractivity contribution in [3.05, 3.63) is 30.1 Å². The maximum Gasteiger partial charge on any atom is 0.223 e. The standard InChI is InChI=1S/C17H24N4O/c1-13(2)20-9-11-21(12-10-20)17(22)8-7-16-18-14-5-3-4-6-15(14)19-16/h3-6,13H,7-12H2,1-2H3,(H,18,19). The molecule has 1 saturated heterocycles. The molecule has 0 radical (unpaired) electrons. The van der Waals surface area contributed by atoms with Crippen LogP contribution in [0.4, 0.5) is 0 Å². The lowest BCUT2D eigenvalue weighted by Gasteiger charge is -2.37. The van der Waals surface area contributed by atoms with Gasteiger partial charge in [-0.25, -0.2) is 4.98 Å². The van der Waals surface area contributed by atoms with Crippen LogP contribution >= 0.6 is 0 Å². The van der Waals surface area contributed by atoms with E-state index in [-0.39, 0.29) is 5.91 Å². The lowest BCUT2D eigenvalue weighted by Crippen LogP contribution is -2.50. The predicted molar refractivity (Wildman–Crippen MR) is 87.7 cm³/mol. The van der Waals surface area contributed by atoms with Crippen LogP contribution in [0.1, 0.15) is 26.1 Å². The van der Waals surface area contributed by atoms with Crippen molar-refractivity contribution < 1.29 is 4.79 Å². The summed E-state index contributed by atoms with van der Waals surface area (Å²) < 4.78 is 0. The number of fused-ring (bicyclic) bond motifs is 1. The first-order valence-corrected chi connectivity index (χ1v) is 8.09. The fourth-order valence-corrected chi connectivity index (χ4v) is 3.00. The zero-order valence-corrected chi connectivity index (χ0v) is 13.4. The van der Waals surface area contributed by atoms with E-state index in [1.807, 2.05) is 29.2 Å². The van der Waals surface area contributed by atoms with Crippen molar-refractivity contribution in [1.82, 2.24) is 19.8 Å². The van der Waals surface area contributed by atoms with Crippen molar-refractivity contribution in [3.63, 3.8) is 0 Å². The van der Waals surface area contributed by atoms with Gasteiger partial charge in [-0.15, -0.1) is 0 Å². The number of rotatable bonds is 4. The summed E-state index contributed by atoms with van der Waals surface area (Å²) in [4.78, 5) is 24.6. The quantitative estimate of drug-likeness (QED) is 0.940. The third-order valence-electron chi connectivity index (χ3n) is 4.41. The van der Waals surface area contributed by atoms with Crippen LogP contribution in [0, 0.1) is 0 Å². The lowest BCUT2D eigenvalue weighted by molar-refractivity contribution is -0.133. The van der Waals surface area contributed by atoms with Crippen molar-refractivity contribution in [1.29, 1.82) is 0 Å². The van der Waals surface area contributed by atoms with Crippen LogP contribution < -0.4 is 0 Å². The molecule has 1 aromatic heterocycles. The first-order valence-electron chi connectivity index (χ1n) is 8.09. The second-order valence-corrected chi connectivity index (χ2v) is 6.21. The average Bonchev–Trinajstić information content (AvgIpc) is 2.95. The Balaban J connectivity index is 1.52. The van der Waals surface area contributed by atoms with Gasteiger partial charge in [0, 0.05) is 45.1 Å². The Morgan fingerprint density at radius 2 is 1.95 bits per heavy atom. The van der Waals surface area contributed by atoms with E-state index in [1.165, 1.54) is 0 Å². The topological polar surface area (TPSA) is 52.2 Å². The van der Waals surface area contributed by atoms with Crippen LogP contribution in [0.15, 0.2) is 24.3 Å². The van der Waals surface area contributed by atoms with E-state index in [4.69, 9.17) is 0 Å². The summed E-state index contributed by atoms with van der Waals surface area (Å²) in [6, 6.07) is 8.53. The van der Waals surface area contributed by atoms with Crippen LogP contribution in [-0.2, 0) is 11.2 Å². The number of benzene rings is 1. The second kappa shape index (κ2) is 6.48. The van der Waals surface area contributed by atoms with E-state index in [9.17, 15) is 4.79 Å². The molecule has 1 N–H and O–H groups in total. The number of carbonyl (C=O) groups is 1. The smallest absolute Gasteiger partial charge is 0.223 e. The number of para-hydroxylation sites is 2. The Morgan fingerprint density at radius 1 is 1.23 bits per heavy atom. The number of nitrogens with zero attached hydrogens (tertiary/aromatic N) is 3. The first kappa shape index (κ1) is 15.0. The van der Waals surface area contributed by atoms with Crippen molar-refractivity contribution in [3.8, 4) is 0 Å². The highest BCUT2D eigenvalue weighted by molar-refractivity contribution is 5.77. The molecule has 0 bridgehead atoms. The van der Waals surface area contributed by atoms with E-state index in [2.05, 4.69) is 28.7 Å². The van der Waals surface area contributed by atoms with Gasteiger partial charge in [0.2, 0.25) is 5.91 Å². The van der Waals surface area contributed by atoms with E-state index >= 15 is 0 Å². The molecular weight excluding hydrogens is 276 g/mol. The highest BCUT2D eigenvalue weighted by Gasteiger charge is 2.22. The minimum atomic E-state index is 0.240. The third-order valence-corrected chi connectivity index (χ3v) is 4.41. The summed E-state index contributed by atoms with van der Waals surface area (Å²) in [7, 11) is 0. The fourth-order valence-electron chi connectivity index (χ4n) is 3.00. The number of aromatic amines is 1. The number of aryl methyl sites for hydroxylation is 1. The van der Waals surface area contributed by atoms with Crippen molar-refractivity contribution in [2.45, 2.75) is 32.7 Å². The molecular formula is C17H24N4O. The fraction of sp³-hybridized carbons (Fsp3) is 0.529. The molecule has 5 heteroatoms. The summed E-state index contributed by atoms with van der Waals surface area (Å²) in [6.45, 7) is 8.06. The predicted octanol–water partition coefficient (Wildman–Crippen LogP) is 2.05. The molecule has 22 heavy (non-hydrogen) atoms. The molecule has 0 spiro atoms. The SMILES string of the molecule is CC(C)N1CCN(C(=O)CCc2nc3ccccc3[nH]2)CC1. The third kappa shape index (κ3) is 3.30. The van der Waals surface area contributed by atoms with Gasteiger partial charge in [-0.2, -0.15) is 0 Å². The molecule has 0 atom stereocenters. The molecule has 2 heterocycles. The van der Waals surface area contributed by atoms with Gasteiger partial charge in [-0.05, 0) is 26.0 Å². The van der Waals surface area contributed by atoms with Crippen LogP contribution in [0.5, 0.6) is 0 Å². The molecule has 1 aromatic carbocycles. The van der Waals surface area contributed by atoms with Gasteiger partial charge < -0.3 is 9.88 Å². The average molecular weight is 300 g/mol. The number of piperazine rings is 1. The maximum atomic E-state index is 12.3. The molecule has 5 nitrogen and oxygen atoms in total. The van der Waals surface area contributed by atoms with Gasteiger partial charge in [-0.1, -0.05) is 12.1 Å². The van der Waals surface area contributed by atoms with Gasteiger partial charge in [0.05, 0.1) is 11.0 Å². The van der Waals surface area contributed by atoms with Crippen LogP contribution in [0.25, 0.3) is 11.0 Å². The van der Waals surface area contributed by atoms with Gasteiger partial charge in [0.1, 0.15) is 5.82 Å². The number of carbonyl (C=O) groups excluding carboxylic acids is 1. The van der Waals surface area contributed by atoms with Crippen LogP contribution in [0.2, 0.25) is 0 Å². The molecule has 0 aliphatic carbocycles. The normalized spacial score (nSPS) is 16.6. The first-order chi connectivity index (χ1) is 10.6. The molecule has 3 rings (SSSR count). The van der Waals surface area contributed by atoms with Crippen LogP contribution in [0.3, 0.4) is 0 Å². The Hall–Kier alpha value is -1.88. The second-order valence-electron chi connectivity index (χ2n) is 6.21. The maximum absolute atomic E-state index is 12.3. The van der Waals surface area contributed by atoms with Gasteiger partial charge in [0.25, 0.3) is 0 Å². The zero-order chi connectivity index (χ0) is 15.5. The molecule has 1 amide bonds. The van der Waals surface area contributed by atoms with Crippen molar-refractivity contribution in [2.24, 2.45) is 0 Å². The molecule has 118 valence electrons. The van der Waals surface area contributed by atoms with Crippen LogP contribution in [-0.4, -0.2) is 57.9 Å². The molecule has 0 saturated carbocycles. The summed E-state index contributed by atoms with van der Waals surface area (Å²) in [5.41, 5.74) is 2.01. The summed E-state index contributed by atoms with van der Waals surface area (Å²) in [5, 5.41) is 0. The number of imidazole rings is 1. The van der Waals surface area contributed by atoms with E-state index in [0.29, 0.717) is 18.9 Å². The molecule has 1 aliphatic rings. The number of aromatic nitrogens is 2. The number of hydrogen-bond donors (Lipinski definition) is 1. The van der Waals surface area contributed by atoms with E-state index in [1.54, 1.807) is 0 Å². The Morgan fingerprint density at radius 3 is 2.64 bits per heavy atom. The summed E-state index contributed by atoms with van der Waals surface area (Å²) >= 11 is 0. The van der Waals surface area contributed by atoms with E-state index < -0.39 is 0 Å². The van der Waals surface area contributed by atoms with E-state index in [0.717, 1.165) is 43.0 Å². The minimum absolute atomic E-state index is 0.240.